The van der Waals surface area contributed by atoms with Crippen molar-refractivity contribution in [2.24, 2.45) is 11.8 Å². The number of piperidine rings is 1. The fraction of sp³-hybridized carbons (Fsp3) is 0.516. The van der Waals surface area contributed by atoms with Crippen molar-refractivity contribution < 1.29 is 14.3 Å². The minimum absolute atomic E-state index is 0.0457. The number of hydrogen-bond donors (Lipinski definition) is 4. The highest BCUT2D eigenvalue weighted by atomic mass is 35.5. The number of anilines is 3. The summed E-state index contributed by atoms with van der Waals surface area (Å²) in [4.78, 5) is 14.8. The van der Waals surface area contributed by atoms with Crippen LogP contribution in [0.5, 0.6) is 11.5 Å². The van der Waals surface area contributed by atoms with Gasteiger partial charge in [0.25, 0.3) is 0 Å². The molecule has 0 radical (unpaired) electrons. The molecular weight excluding hydrogens is 554 g/mol. The smallest absolute Gasteiger partial charge is 0.224 e. The van der Waals surface area contributed by atoms with E-state index in [9.17, 15) is 15.3 Å². The maximum absolute atomic E-state index is 12.8. The lowest BCUT2D eigenvalue weighted by Crippen LogP contribution is -2.41. The fourth-order valence-corrected chi connectivity index (χ4v) is 5.56. The van der Waals surface area contributed by atoms with Crippen LogP contribution >= 0.6 is 11.6 Å². The maximum atomic E-state index is 12.8. The molecule has 2 aliphatic rings. The molecule has 2 heterocycles. The van der Waals surface area contributed by atoms with Crippen LogP contribution in [0.2, 0.25) is 5.02 Å². The van der Waals surface area contributed by atoms with E-state index in [4.69, 9.17) is 21.1 Å². The van der Waals surface area contributed by atoms with Gasteiger partial charge in [-0.05, 0) is 77.6 Å². The average molecular weight is 594 g/mol. The SMILES string of the molecule is CCOc1cc2c(cc1NC(=O)CCCN(C)C)C(Nc1ccc(OCC3CC(C#N)CCN3)c(Cl)c1)C(C#N)CN2. The average Bonchev–Trinajstić information content (AvgIpc) is 2.97. The Morgan fingerprint density at radius 1 is 1.17 bits per heavy atom. The summed E-state index contributed by atoms with van der Waals surface area (Å²) >= 11 is 6.61. The van der Waals surface area contributed by atoms with Crippen LogP contribution in [0.25, 0.3) is 0 Å². The Kier molecular flexibility index (Phi) is 11.1. The molecule has 0 saturated carbocycles. The van der Waals surface area contributed by atoms with Gasteiger partial charge in [0.1, 0.15) is 18.1 Å². The largest absolute Gasteiger partial charge is 0.492 e. The highest BCUT2D eigenvalue weighted by Gasteiger charge is 2.31. The standard InChI is InChI=1S/C31H40ClN7O3/c1-4-41-29-15-26-24(14-27(29)38-30(40)6-5-11-39(2)3)31(21(17-34)18-36-26)37-22-7-8-28(25(32)13-22)42-19-23-12-20(16-33)9-10-35-23/h7-8,13-15,20-21,23,31,35-37H,4-6,9-12,18-19H2,1-3H3,(H,38,40). The van der Waals surface area contributed by atoms with Crippen molar-refractivity contribution in [3.05, 3.63) is 40.9 Å². The molecule has 42 heavy (non-hydrogen) atoms. The molecule has 4 atom stereocenters. The molecule has 4 unspecified atom stereocenters. The van der Waals surface area contributed by atoms with Gasteiger partial charge in [-0.15, -0.1) is 0 Å². The van der Waals surface area contributed by atoms with Gasteiger partial charge in [0.15, 0.2) is 0 Å². The van der Waals surface area contributed by atoms with Crippen molar-refractivity contribution in [2.45, 2.75) is 44.7 Å². The summed E-state index contributed by atoms with van der Waals surface area (Å²) in [6.45, 7) is 4.85. The first-order valence-corrected chi connectivity index (χ1v) is 14.9. The number of benzene rings is 2. The lowest BCUT2D eigenvalue weighted by Gasteiger charge is -2.33. The fourth-order valence-electron chi connectivity index (χ4n) is 5.33. The van der Waals surface area contributed by atoms with Crippen LogP contribution in [0.4, 0.5) is 17.1 Å². The summed E-state index contributed by atoms with van der Waals surface area (Å²) < 4.78 is 11.9. The number of carbonyl (C=O) groups is 1. The van der Waals surface area contributed by atoms with Crippen LogP contribution in [0, 0.1) is 34.5 Å². The van der Waals surface area contributed by atoms with Crippen molar-refractivity contribution >= 4 is 34.6 Å². The van der Waals surface area contributed by atoms with E-state index in [1.54, 1.807) is 6.07 Å². The number of nitrogens with zero attached hydrogens (tertiary/aromatic N) is 3. The van der Waals surface area contributed by atoms with E-state index in [1.165, 1.54) is 0 Å². The second kappa shape index (κ2) is 15.0. The molecule has 1 amide bonds. The Morgan fingerprint density at radius 3 is 2.71 bits per heavy atom. The van der Waals surface area contributed by atoms with Crippen LogP contribution in [-0.2, 0) is 4.79 Å². The lowest BCUT2D eigenvalue weighted by atomic mass is 9.88. The molecule has 1 fully saturated rings. The van der Waals surface area contributed by atoms with Crippen LogP contribution in [0.15, 0.2) is 30.3 Å². The van der Waals surface area contributed by atoms with Crippen LogP contribution in [-0.4, -0.2) is 63.8 Å². The molecule has 2 aromatic carbocycles. The summed E-state index contributed by atoms with van der Waals surface area (Å²) in [7, 11) is 3.96. The number of ether oxygens (including phenoxy) is 2. The number of nitriles is 2. The third-order valence-corrected chi connectivity index (χ3v) is 7.82. The molecule has 0 spiro atoms. The lowest BCUT2D eigenvalue weighted by molar-refractivity contribution is -0.116. The number of amides is 1. The van der Waals surface area contributed by atoms with Gasteiger partial charge >= 0.3 is 0 Å². The topological polar surface area (TPSA) is 134 Å². The molecule has 4 rings (SSSR count). The van der Waals surface area contributed by atoms with Gasteiger partial charge in [-0.2, -0.15) is 10.5 Å². The zero-order valence-electron chi connectivity index (χ0n) is 24.5. The summed E-state index contributed by atoms with van der Waals surface area (Å²) in [5.74, 6) is 0.726. The van der Waals surface area contributed by atoms with E-state index in [1.807, 2.05) is 50.2 Å². The molecule has 1 saturated heterocycles. The first kappa shape index (κ1) is 31.2. The quantitative estimate of drug-likeness (QED) is 0.268. The van der Waals surface area contributed by atoms with Gasteiger partial charge in [-0.3, -0.25) is 4.79 Å². The van der Waals surface area contributed by atoms with E-state index in [2.05, 4.69) is 33.4 Å². The van der Waals surface area contributed by atoms with Crippen molar-refractivity contribution in [1.82, 2.24) is 10.2 Å². The summed E-state index contributed by atoms with van der Waals surface area (Å²) in [6.07, 6.45) is 2.75. The van der Waals surface area contributed by atoms with E-state index >= 15 is 0 Å². The zero-order chi connectivity index (χ0) is 30.1. The van der Waals surface area contributed by atoms with Crippen molar-refractivity contribution in [3.63, 3.8) is 0 Å². The van der Waals surface area contributed by atoms with Gasteiger partial charge < -0.3 is 35.6 Å². The third-order valence-electron chi connectivity index (χ3n) is 7.52. The van der Waals surface area contributed by atoms with Gasteiger partial charge in [-0.25, -0.2) is 0 Å². The second-order valence-electron chi connectivity index (χ2n) is 11.0. The van der Waals surface area contributed by atoms with E-state index in [0.29, 0.717) is 48.4 Å². The molecule has 2 aromatic rings. The minimum Gasteiger partial charge on any atom is -0.492 e. The Hall–Kier alpha value is -3.70. The molecule has 0 aromatic heterocycles. The molecule has 0 bridgehead atoms. The third kappa shape index (κ3) is 8.19. The highest BCUT2D eigenvalue weighted by Crippen LogP contribution is 2.42. The van der Waals surface area contributed by atoms with Crippen LogP contribution in [0.3, 0.4) is 0 Å². The van der Waals surface area contributed by atoms with Crippen molar-refractivity contribution in [1.29, 1.82) is 10.5 Å². The number of rotatable bonds is 12. The molecule has 4 N–H and O–H groups in total. The Bertz CT molecular complexity index is 1320. The molecule has 11 heteroatoms. The van der Waals surface area contributed by atoms with Crippen LogP contribution in [0.1, 0.15) is 44.2 Å². The maximum Gasteiger partial charge on any atom is 0.224 e. The number of nitrogens with one attached hydrogen (secondary N) is 4. The van der Waals surface area contributed by atoms with Gasteiger partial charge in [-0.1, -0.05) is 11.6 Å². The van der Waals surface area contributed by atoms with Gasteiger partial charge in [0, 0.05) is 47.9 Å². The Morgan fingerprint density at radius 2 is 2.00 bits per heavy atom. The monoisotopic (exact) mass is 593 g/mol. The van der Waals surface area contributed by atoms with E-state index in [-0.39, 0.29) is 29.8 Å². The summed E-state index contributed by atoms with van der Waals surface area (Å²) in [5, 5.41) is 32.9. The predicted molar refractivity (Wildman–Crippen MR) is 165 cm³/mol. The van der Waals surface area contributed by atoms with Crippen molar-refractivity contribution in [3.8, 4) is 23.6 Å². The van der Waals surface area contributed by atoms with Gasteiger partial charge in [0.2, 0.25) is 5.91 Å². The number of halogens is 1. The Labute approximate surface area is 253 Å². The molecular formula is C31H40ClN7O3. The second-order valence-corrected chi connectivity index (χ2v) is 11.4. The normalized spacial score (nSPS) is 21.3. The molecule has 224 valence electrons. The number of fused-ring (bicyclic) bond motifs is 1. The molecule has 10 nitrogen and oxygen atoms in total. The van der Waals surface area contributed by atoms with Gasteiger partial charge in [0.05, 0.1) is 41.4 Å². The van der Waals surface area contributed by atoms with Crippen LogP contribution < -0.4 is 30.7 Å². The molecule has 2 aliphatic heterocycles. The minimum atomic E-state index is -0.376. The van der Waals surface area contributed by atoms with Crippen molar-refractivity contribution in [2.75, 3.05) is 62.9 Å². The first-order chi connectivity index (χ1) is 20.3. The summed E-state index contributed by atoms with van der Waals surface area (Å²) in [6, 6.07) is 13.8. The molecule has 0 aliphatic carbocycles. The van der Waals surface area contributed by atoms with E-state index in [0.717, 1.165) is 49.3 Å². The zero-order valence-corrected chi connectivity index (χ0v) is 25.3. The highest BCUT2D eigenvalue weighted by molar-refractivity contribution is 6.32. The number of carbonyl (C=O) groups excluding carboxylic acids is 1. The predicted octanol–water partition coefficient (Wildman–Crippen LogP) is 5.01. The summed E-state index contributed by atoms with van der Waals surface area (Å²) in [5.41, 5.74) is 3.02. The number of hydrogen-bond acceptors (Lipinski definition) is 9. The van der Waals surface area contributed by atoms with E-state index < -0.39 is 0 Å². The Balaban J connectivity index is 1.51. The first-order valence-electron chi connectivity index (χ1n) is 14.5.